The third-order valence-corrected chi connectivity index (χ3v) is 2.22. The Labute approximate surface area is 117 Å². The molecule has 19 heavy (non-hydrogen) atoms. The molecule has 0 spiro atoms. The van der Waals surface area contributed by atoms with E-state index in [1.807, 2.05) is 0 Å². The molecule has 1 aromatic carbocycles. The zero-order valence-electron chi connectivity index (χ0n) is 8.73. The van der Waals surface area contributed by atoms with Gasteiger partial charge in [-0.1, -0.05) is 35.5 Å². The van der Waals surface area contributed by atoms with Gasteiger partial charge in [0, 0.05) is 5.56 Å². The van der Waals surface area contributed by atoms with Gasteiger partial charge in [-0.25, -0.2) is 4.79 Å². The van der Waals surface area contributed by atoms with Crippen LogP contribution in [0.25, 0.3) is 11.3 Å². The fourth-order valence-electron chi connectivity index (χ4n) is 1.49. The molecule has 0 saturated heterocycles. The molecule has 0 fully saturated rings. The monoisotopic (exact) mass is 265 g/mol. The van der Waals surface area contributed by atoms with Gasteiger partial charge in [0.2, 0.25) is 0 Å². The fourth-order valence-corrected chi connectivity index (χ4v) is 1.49. The van der Waals surface area contributed by atoms with Crippen molar-refractivity contribution in [2.45, 2.75) is 6.18 Å². The number of carboxylic acid groups (broad SMARTS) is 1. The molecule has 8 heteroatoms. The van der Waals surface area contributed by atoms with E-state index in [2.05, 4.69) is 9.68 Å². The van der Waals surface area contributed by atoms with Crippen LogP contribution in [-0.2, 0) is 6.18 Å². The molecule has 96 valence electrons. The first-order valence-corrected chi connectivity index (χ1v) is 4.77. The summed E-state index contributed by atoms with van der Waals surface area (Å²) < 4.78 is 42.7. The summed E-state index contributed by atoms with van der Waals surface area (Å²) in [7, 11) is 0. The molecule has 0 radical (unpaired) electrons. The van der Waals surface area contributed by atoms with Gasteiger partial charge < -0.3 is 9.63 Å². The van der Waals surface area contributed by atoms with Gasteiger partial charge in [-0.2, -0.15) is 13.2 Å². The van der Waals surface area contributed by atoms with Gasteiger partial charge in [0.1, 0.15) is 11.3 Å². The predicted molar refractivity (Wildman–Crippen MR) is 61.0 cm³/mol. The van der Waals surface area contributed by atoms with E-state index < -0.39 is 29.2 Å². The summed E-state index contributed by atoms with van der Waals surface area (Å²) in [4.78, 5) is 10.7. The van der Waals surface area contributed by atoms with Crippen LogP contribution in [0.15, 0.2) is 34.9 Å². The summed E-state index contributed by atoms with van der Waals surface area (Å²) in [6, 6.07) is 7.43. The maximum absolute atomic E-state index is 12.8. The topological polar surface area (TPSA) is 63.3 Å². The molecule has 0 atom stereocenters. The summed E-state index contributed by atoms with van der Waals surface area (Å²) in [5, 5.41) is 11.9. The number of hydrogen-bond donors (Lipinski definition) is 1. The van der Waals surface area contributed by atoms with Crippen LogP contribution in [0, 0.1) is 0 Å². The molecule has 0 aliphatic rings. The predicted octanol–water partition coefficient (Wildman–Crippen LogP) is 2.41. The molecule has 0 amide bonds. The van der Waals surface area contributed by atoms with Gasteiger partial charge >= 0.3 is 31.0 Å². The molecule has 1 aromatic heterocycles. The minimum atomic E-state index is -4.85. The van der Waals surface area contributed by atoms with Gasteiger partial charge in [0.15, 0.2) is 0 Å². The average molecular weight is 265 g/mol. The Morgan fingerprint density at radius 3 is 2.26 bits per heavy atom. The molecule has 2 aromatic rings. The van der Waals surface area contributed by atoms with Crippen molar-refractivity contribution >= 4 is 24.8 Å². The van der Waals surface area contributed by atoms with Crippen LogP contribution in [0.5, 0.6) is 0 Å². The summed E-state index contributed by atoms with van der Waals surface area (Å²) in [5.41, 5.74) is -1.76. The average Bonchev–Trinajstić information content (AvgIpc) is 2.74. The normalized spacial score (nSPS) is 10.9. The van der Waals surface area contributed by atoms with Crippen LogP contribution in [0.2, 0.25) is 0 Å². The van der Waals surface area contributed by atoms with Crippen molar-refractivity contribution in [2.75, 3.05) is 0 Å². The molecule has 0 bridgehead atoms. The number of carbonyl (C=O) groups is 1. The van der Waals surface area contributed by atoms with Crippen LogP contribution >= 0.6 is 0 Å². The Hall–Kier alpha value is -1.71. The Morgan fingerprint density at radius 2 is 1.79 bits per heavy atom. The van der Waals surface area contributed by atoms with Gasteiger partial charge in [-0.15, -0.1) is 0 Å². The van der Waals surface area contributed by atoms with Crippen molar-refractivity contribution in [3.05, 3.63) is 41.7 Å². The quantitative estimate of drug-likeness (QED) is 0.847. The van der Waals surface area contributed by atoms with Crippen LogP contribution in [0.3, 0.4) is 0 Å². The number of halogens is 3. The number of aromatic nitrogens is 1. The van der Waals surface area contributed by atoms with Gasteiger partial charge in [0.25, 0.3) is 5.76 Å². The molecule has 1 heterocycles. The number of benzene rings is 1. The first-order chi connectivity index (χ1) is 8.41. The second-order valence-corrected chi connectivity index (χ2v) is 3.40. The molecule has 2 rings (SSSR count). The fraction of sp³-hybridized carbons (Fsp3) is 0.0909. The number of alkyl halides is 3. The molecule has 0 unspecified atom stereocenters. The first-order valence-electron chi connectivity index (χ1n) is 4.77. The number of nitrogens with zero attached hydrogens (tertiary/aromatic N) is 1. The zero-order chi connectivity index (χ0) is 13.3. The van der Waals surface area contributed by atoms with Gasteiger partial charge in [0.05, 0.1) is 0 Å². The SMILES string of the molecule is O=C(O)c1onc(-c2ccccc2)c1C(F)(F)F.[LiH]. The van der Waals surface area contributed by atoms with Crippen LogP contribution in [-0.4, -0.2) is 35.1 Å². The van der Waals surface area contributed by atoms with E-state index in [1.54, 1.807) is 6.07 Å². The standard InChI is InChI=1S/C11H6F3NO3.Li.H/c12-11(13,14)7-8(6-4-2-1-3-5-6)15-18-9(7)10(16)17;;/h1-5H,(H,16,17);;. The summed E-state index contributed by atoms with van der Waals surface area (Å²) in [6.45, 7) is 0. The van der Waals surface area contributed by atoms with E-state index in [0.29, 0.717) is 0 Å². The zero-order valence-corrected chi connectivity index (χ0v) is 8.73. The van der Waals surface area contributed by atoms with Gasteiger partial charge in [-0.3, -0.25) is 0 Å². The van der Waals surface area contributed by atoms with Gasteiger partial charge in [-0.05, 0) is 0 Å². The van der Waals surface area contributed by atoms with Crippen molar-refractivity contribution in [1.29, 1.82) is 0 Å². The second kappa shape index (κ2) is 5.51. The molecule has 0 aliphatic heterocycles. The van der Waals surface area contributed by atoms with E-state index in [4.69, 9.17) is 5.11 Å². The summed E-state index contributed by atoms with van der Waals surface area (Å²) >= 11 is 0. The van der Waals surface area contributed by atoms with E-state index in [-0.39, 0.29) is 24.4 Å². The number of rotatable bonds is 2. The molecule has 0 aliphatic carbocycles. The molecular weight excluding hydrogens is 258 g/mol. The number of aromatic carboxylic acids is 1. The van der Waals surface area contributed by atoms with E-state index in [9.17, 15) is 18.0 Å². The Kier molecular flexibility index (Phi) is 4.45. The molecular formula is C11H7F3LiNO3. The number of hydrogen-bond acceptors (Lipinski definition) is 3. The van der Waals surface area contributed by atoms with Crippen LogP contribution in [0.4, 0.5) is 13.2 Å². The van der Waals surface area contributed by atoms with Crippen molar-refractivity contribution in [3.63, 3.8) is 0 Å². The maximum atomic E-state index is 12.8. The molecule has 1 N–H and O–H groups in total. The summed E-state index contributed by atoms with van der Waals surface area (Å²) in [6.07, 6.45) is -4.85. The molecule has 0 saturated carbocycles. The van der Waals surface area contributed by atoms with Crippen molar-refractivity contribution < 1.29 is 27.6 Å². The number of carboxylic acids is 1. The minimum absolute atomic E-state index is 0. The van der Waals surface area contributed by atoms with E-state index in [1.165, 1.54) is 24.3 Å². The van der Waals surface area contributed by atoms with E-state index in [0.717, 1.165) is 0 Å². The summed E-state index contributed by atoms with van der Waals surface area (Å²) in [5.74, 6) is -3.02. The first kappa shape index (κ1) is 15.3. The van der Waals surface area contributed by atoms with E-state index >= 15 is 0 Å². The third-order valence-electron chi connectivity index (χ3n) is 2.22. The Morgan fingerprint density at radius 1 is 1.21 bits per heavy atom. The van der Waals surface area contributed by atoms with Crippen molar-refractivity contribution in [3.8, 4) is 11.3 Å². The van der Waals surface area contributed by atoms with Crippen molar-refractivity contribution in [1.82, 2.24) is 5.16 Å². The van der Waals surface area contributed by atoms with Crippen molar-refractivity contribution in [2.24, 2.45) is 0 Å². The van der Waals surface area contributed by atoms with Crippen LogP contribution < -0.4 is 0 Å². The van der Waals surface area contributed by atoms with Crippen LogP contribution in [0.1, 0.15) is 16.1 Å². The Balaban J connectivity index is 0.00000180. The Bertz CT molecular complexity index is 581. The third kappa shape index (κ3) is 3.00. The molecule has 4 nitrogen and oxygen atoms in total. The second-order valence-electron chi connectivity index (χ2n) is 3.40.